The van der Waals surface area contributed by atoms with Crippen LogP contribution in [-0.2, 0) is 24.2 Å². The first-order valence-corrected chi connectivity index (χ1v) is 10.7. The van der Waals surface area contributed by atoms with Gasteiger partial charge < -0.3 is 5.32 Å². The molecule has 2 aromatic heterocycles. The summed E-state index contributed by atoms with van der Waals surface area (Å²) in [7, 11) is 0. The van der Waals surface area contributed by atoms with Crippen LogP contribution >= 0.6 is 22.9 Å². The van der Waals surface area contributed by atoms with Gasteiger partial charge in [-0.05, 0) is 62.3 Å². The topological polar surface area (TPSA) is 64.0 Å². The molecule has 1 N–H and O–H groups in total. The van der Waals surface area contributed by atoms with E-state index in [1.165, 1.54) is 22.2 Å². The van der Waals surface area contributed by atoms with Crippen molar-refractivity contribution in [2.45, 2.75) is 52.5 Å². The number of nitrogens with one attached hydrogen (secondary N) is 1. The molecule has 0 atom stereocenters. The summed E-state index contributed by atoms with van der Waals surface area (Å²) in [5.74, 6) is -0.293. The molecule has 0 fully saturated rings. The van der Waals surface area contributed by atoms with Crippen LogP contribution < -0.4 is 10.9 Å². The number of aromatic nitrogens is 2. The van der Waals surface area contributed by atoms with Gasteiger partial charge in [-0.25, -0.2) is 4.98 Å². The van der Waals surface area contributed by atoms with Crippen LogP contribution in [0, 0.1) is 13.8 Å². The highest BCUT2D eigenvalue weighted by Gasteiger charge is 2.20. The van der Waals surface area contributed by atoms with Crippen molar-refractivity contribution in [3.63, 3.8) is 0 Å². The Kier molecular flexibility index (Phi) is 5.25. The van der Waals surface area contributed by atoms with Gasteiger partial charge in [-0.2, -0.15) is 0 Å². The molecular formula is C21H22ClN3O2S. The van der Waals surface area contributed by atoms with Gasteiger partial charge in [0.2, 0.25) is 5.91 Å². The lowest BCUT2D eigenvalue weighted by atomic mass is 10.1. The highest BCUT2D eigenvalue weighted by Crippen LogP contribution is 2.32. The minimum Gasteiger partial charge on any atom is -0.323 e. The first kappa shape index (κ1) is 19.2. The molecule has 0 saturated carbocycles. The summed E-state index contributed by atoms with van der Waals surface area (Å²) in [6.07, 6.45) is 6.86. The summed E-state index contributed by atoms with van der Waals surface area (Å²) in [5.41, 5.74) is 3.52. The van der Waals surface area contributed by atoms with Crippen molar-refractivity contribution in [2.75, 3.05) is 5.32 Å². The van der Waals surface area contributed by atoms with E-state index in [-0.39, 0.29) is 18.0 Å². The third kappa shape index (κ3) is 3.59. The zero-order valence-corrected chi connectivity index (χ0v) is 17.5. The Bertz CT molecular complexity index is 1110. The van der Waals surface area contributed by atoms with Gasteiger partial charge in [-0.15, -0.1) is 11.3 Å². The molecule has 5 nitrogen and oxygen atoms in total. The van der Waals surface area contributed by atoms with E-state index in [2.05, 4.69) is 10.3 Å². The Morgan fingerprint density at radius 1 is 1.25 bits per heavy atom. The van der Waals surface area contributed by atoms with Crippen LogP contribution in [0.4, 0.5) is 5.69 Å². The molecule has 0 radical (unpaired) electrons. The van der Waals surface area contributed by atoms with Crippen molar-refractivity contribution in [2.24, 2.45) is 0 Å². The molecule has 0 unspecified atom stereocenters. The number of nitrogens with zero attached hydrogens (tertiary/aromatic N) is 2. The normalized spacial score (nSPS) is 14.0. The Labute approximate surface area is 172 Å². The number of carbonyl (C=O) groups excluding carboxylic acids is 1. The molecule has 7 heteroatoms. The molecule has 28 heavy (non-hydrogen) atoms. The maximum Gasteiger partial charge on any atom is 0.262 e. The van der Waals surface area contributed by atoms with Gasteiger partial charge in [0.15, 0.2) is 0 Å². The molecule has 1 aliphatic carbocycles. The maximum atomic E-state index is 13.1. The number of amides is 1. The van der Waals surface area contributed by atoms with Crippen molar-refractivity contribution in [1.29, 1.82) is 0 Å². The highest BCUT2D eigenvalue weighted by atomic mass is 35.5. The fourth-order valence-corrected chi connectivity index (χ4v) is 5.47. The molecular weight excluding hydrogens is 394 g/mol. The van der Waals surface area contributed by atoms with Crippen molar-refractivity contribution >= 4 is 44.7 Å². The monoisotopic (exact) mass is 415 g/mol. The Balaban J connectivity index is 1.63. The van der Waals surface area contributed by atoms with Crippen LogP contribution in [0.25, 0.3) is 10.2 Å². The number of hydrogen-bond acceptors (Lipinski definition) is 4. The fourth-order valence-electron chi connectivity index (χ4n) is 3.88. The predicted octanol–water partition coefficient (Wildman–Crippen LogP) is 4.64. The van der Waals surface area contributed by atoms with E-state index in [1.54, 1.807) is 11.3 Å². The largest absolute Gasteiger partial charge is 0.323 e. The van der Waals surface area contributed by atoms with Gasteiger partial charge in [0.25, 0.3) is 5.56 Å². The standard InChI is InChI=1S/C21H22ClN3O2S/c1-12-8-13(2)19(15(22)9-12)24-17(26)10-25-11-23-20-18(21(25)27)14-6-4-3-5-7-16(14)28-20/h8-9,11H,3-7,10H2,1-2H3,(H,24,26). The number of thiophene rings is 1. The second-order valence-corrected chi connectivity index (χ2v) is 8.90. The van der Waals surface area contributed by atoms with Crippen LogP contribution in [-0.4, -0.2) is 15.5 Å². The number of rotatable bonds is 3. The minimum atomic E-state index is -0.293. The summed E-state index contributed by atoms with van der Waals surface area (Å²) in [6.45, 7) is 3.76. The third-order valence-electron chi connectivity index (χ3n) is 5.20. The van der Waals surface area contributed by atoms with Crippen LogP contribution in [0.3, 0.4) is 0 Å². The molecule has 1 amide bonds. The average molecular weight is 416 g/mol. The van der Waals surface area contributed by atoms with Crippen LogP contribution in [0.5, 0.6) is 0 Å². The molecule has 1 aromatic carbocycles. The Morgan fingerprint density at radius 2 is 2.04 bits per heavy atom. The summed E-state index contributed by atoms with van der Waals surface area (Å²) < 4.78 is 1.40. The number of benzene rings is 1. The molecule has 0 spiro atoms. The van der Waals surface area contributed by atoms with Crippen molar-refractivity contribution in [3.8, 4) is 0 Å². The fraction of sp³-hybridized carbons (Fsp3) is 0.381. The van der Waals surface area contributed by atoms with Crippen LogP contribution in [0.1, 0.15) is 40.8 Å². The molecule has 0 saturated heterocycles. The van der Waals surface area contributed by atoms with E-state index in [9.17, 15) is 9.59 Å². The smallest absolute Gasteiger partial charge is 0.262 e. The van der Waals surface area contributed by atoms with Crippen LogP contribution in [0.15, 0.2) is 23.3 Å². The van der Waals surface area contributed by atoms with Gasteiger partial charge in [0, 0.05) is 4.88 Å². The molecule has 3 aromatic rings. The maximum absolute atomic E-state index is 13.1. The number of carbonyl (C=O) groups is 1. The van der Waals surface area contributed by atoms with Crippen molar-refractivity contribution in [3.05, 3.63) is 55.4 Å². The first-order valence-electron chi connectivity index (χ1n) is 9.50. The average Bonchev–Trinajstić information content (AvgIpc) is 2.83. The lowest BCUT2D eigenvalue weighted by molar-refractivity contribution is -0.116. The van der Waals surface area contributed by atoms with Gasteiger partial charge in [0.1, 0.15) is 11.4 Å². The molecule has 0 bridgehead atoms. The molecule has 1 aliphatic rings. The first-order chi connectivity index (χ1) is 13.4. The lowest BCUT2D eigenvalue weighted by Crippen LogP contribution is -2.28. The number of fused-ring (bicyclic) bond motifs is 3. The van der Waals surface area contributed by atoms with E-state index in [0.29, 0.717) is 16.1 Å². The number of aryl methyl sites for hydroxylation is 4. The van der Waals surface area contributed by atoms with Crippen molar-refractivity contribution < 1.29 is 4.79 Å². The zero-order valence-electron chi connectivity index (χ0n) is 16.0. The van der Waals surface area contributed by atoms with E-state index >= 15 is 0 Å². The number of hydrogen-bond donors (Lipinski definition) is 1. The van der Waals surface area contributed by atoms with Crippen LogP contribution in [0.2, 0.25) is 5.02 Å². The predicted molar refractivity (Wildman–Crippen MR) is 115 cm³/mol. The van der Waals surface area contributed by atoms with Gasteiger partial charge >= 0.3 is 0 Å². The van der Waals surface area contributed by atoms with Gasteiger partial charge in [-0.3, -0.25) is 14.2 Å². The quantitative estimate of drug-likeness (QED) is 0.634. The lowest BCUT2D eigenvalue weighted by Gasteiger charge is -2.12. The Morgan fingerprint density at radius 3 is 2.82 bits per heavy atom. The number of halogens is 1. The highest BCUT2D eigenvalue weighted by molar-refractivity contribution is 7.18. The minimum absolute atomic E-state index is 0.0873. The molecule has 4 rings (SSSR count). The summed E-state index contributed by atoms with van der Waals surface area (Å²) in [4.78, 5) is 32.2. The van der Waals surface area contributed by atoms with E-state index in [0.717, 1.165) is 47.2 Å². The van der Waals surface area contributed by atoms with Gasteiger partial charge in [-0.1, -0.05) is 24.1 Å². The summed E-state index contributed by atoms with van der Waals surface area (Å²) in [6, 6.07) is 3.77. The van der Waals surface area contributed by atoms with Gasteiger partial charge in [0.05, 0.1) is 22.4 Å². The SMILES string of the molecule is Cc1cc(C)c(NC(=O)Cn2cnc3sc4c(c3c2=O)CCCCC4)c(Cl)c1. The molecule has 146 valence electrons. The summed E-state index contributed by atoms with van der Waals surface area (Å²) in [5, 5.41) is 4.03. The van der Waals surface area contributed by atoms with Crippen molar-refractivity contribution in [1.82, 2.24) is 9.55 Å². The molecule has 2 heterocycles. The number of anilines is 1. The van der Waals surface area contributed by atoms with E-state index in [4.69, 9.17) is 11.6 Å². The molecule has 0 aliphatic heterocycles. The summed E-state index contributed by atoms with van der Waals surface area (Å²) >= 11 is 7.90. The van der Waals surface area contributed by atoms with E-state index in [1.807, 2.05) is 26.0 Å². The zero-order chi connectivity index (χ0) is 19.8. The second-order valence-electron chi connectivity index (χ2n) is 7.41. The second kappa shape index (κ2) is 7.68. The third-order valence-corrected chi connectivity index (χ3v) is 6.70. The van der Waals surface area contributed by atoms with E-state index < -0.39 is 0 Å². The Hall–Kier alpha value is -2.18.